The van der Waals surface area contributed by atoms with Crippen LogP contribution in [0, 0.1) is 13.8 Å². The molecule has 0 bridgehead atoms. The number of amides is 2. The van der Waals surface area contributed by atoms with E-state index < -0.39 is 6.04 Å². The van der Waals surface area contributed by atoms with Gasteiger partial charge in [-0.1, -0.05) is 0 Å². The molecule has 0 aliphatic rings. The van der Waals surface area contributed by atoms with Crippen molar-refractivity contribution in [3.05, 3.63) is 51.9 Å². The van der Waals surface area contributed by atoms with Crippen molar-refractivity contribution in [3.63, 3.8) is 0 Å². The Morgan fingerprint density at radius 2 is 2.11 bits per heavy atom. The van der Waals surface area contributed by atoms with Gasteiger partial charge in [0.15, 0.2) is 0 Å². The van der Waals surface area contributed by atoms with Gasteiger partial charge in [0, 0.05) is 7.05 Å². The highest BCUT2D eigenvalue weighted by Gasteiger charge is 2.24. The van der Waals surface area contributed by atoms with E-state index in [9.17, 15) is 9.59 Å². The van der Waals surface area contributed by atoms with E-state index in [2.05, 4.69) is 36.8 Å². The Bertz CT molecular complexity index is 1010. The van der Waals surface area contributed by atoms with Crippen molar-refractivity contribution in [3.8, 4) is 0 Å². The molecule has 1 atom stereocenters. The average Bonchev–Trinajstić information content (AvgIpc) is 3.37. The molecule has 0 spiro atoms. The largest absolute Gasteiger partial charge is 0.467 e. The Morgan fingerprint density at radius 3 is 2.71 bits per heavy atom. The van der Waals surface area contributed by atoms with Crippen LogP contribution in [0.15, 0.2) is 33.5 Å². The Morgan fingerprint density at radius 1 is 1.36 bits per heavy atom. The molecule has 148 valence electrons. The summed E-state index contributed by atoms with van der Waals surface area (Å²) >= 11 is 3.46. The van der Waals surface area contributed by atoms with Crippen LogP contribution in [0.1, 0.15) is 40.6 Å². The number of anilines is 1. The number of aromatic nitrogens is 4. The number of carbonyl (C=O) groups is 2. The first-order valence-corrected chi connectivity index (χ1v) is 9.43. The zero-order valence-electron chi connectivity index (χ0n) is 16.0. The molecule has 1 unspecified atom stereocenters. The molecule has 0 saturated carbocycles. The van der Waals surface area contributed by atoms with Gasteiger partial charge in [-0.15, -0.1) is 0 Å². The number of nitrogens with one attached hydrogen (secondary N) is 2. The summed E-state index contributed by atoms with van der Waals surface area (Å²) < 4.78 is 9.13. The summed E-state index contributed by atoms with van der Waals surface area (Å²) in [6, 6.07) is 2.94. The molecule has 3 aromatic rings. The Balaban J connectivity index is 1.74. The Hall–Kier alpha value is -2.88. The summed E-state index contributed by atoms with van der Waals surface area (Å²) in [5.41, 5.74) is 2.23. The molecule has 10 heteroatoms. The van der Waals surface area contributed by atoms with Gasteiger partial charge in [0.1, 0.15) is 17.5 Å². The lowest BCUT2D eigenvalue weighted by atomic mass is 10.2. The minimum atomic E-state index is -0.566. The molecule has 0 aliphatic heterocycles. The molecule has 0 saturated heterocycles. The molecule has 28 heavy (non-hydrogen) atoms. The second kappa shape index (κ2) is 8.01. The summed E-state index contributed by atoms with van der Waals surface area (Å²) in [5, 5.41) is 14.0. The van der Waals surface area contributed by atoms with Gasteiger partial charge in [-0.3, -0.25) is 19.0 Å². The summed E-state index contributed by atoms with van der Waals surface area (Å²) in [6.07, 6.45) is 2.99. The lowest BCUT2D eigenvalue weighted by Gasteiger charge is -2.15. The number of halogens is 1. The Kier molecular flexibility index (Phi) is 5.68. The van der Waals surface area contributed by atoms with E-state index in [0.717, 1.165) is 15.9 Å². The molecule has 0 aromatic carbocycles. The van der Waals surface area contributed by atoms with E-state index in [1.165, 1.54) is 17.1 Å². The van der Waals surface area contributed by atoms with Crippen LogP contribution >= 0.6 is 15.9 Å². The zero-order valence-corrected chi connectivity index (χ0v) is 17.6. The number of furan rings is 1. The minimum absolute atomic E-state index is 0.237. The van der Waals surface area contributed by atoms with E-state index >= 15 is 0 Å². The van der Waals surface area contributed by atoms with Crippen molar-refractivity contribution in [2.45, 2.75) is 33.4 Å². The third-order valence-corrected chi connectivity index (χ3v) is 5.55. The normalized spacial score (nSPS) is 12.0. The Labute approximate surface area is 170 Å². The van der Waals surface area contributed by atoms with Gasteiger partial charge in [-0.05, 0) is 48.8 Å². The summed E-state index contributed by atoms with van der Waals surface area (Å²) in [4.78, 5) is 25.3. The molecule has 0 radical (unpaired) electrons. The summed E-state index contributed by atoms with van der Waals surface area (Å²) in [7, 11) is 1.64. The molecule has 0 aliphatic carbocycles. The number of carbonyl (C=O) groups excluding carboxylic acids is 2. The van der Waals surface area contributed by atoms with Crippen LogP contribution < -0.4 is 10.6 Å². The number of nitrogens with zero attached hydrogens (tertiary/aromatic N) is 4. The highest BCUT2D eigenvalue weighted by Crippen LogP contribution is 2.24. The monoisotopic (exact) mass is 448 g/mol. The lowest BCUT2D eigenvalue weighted by molar-refractivity contribution is -0.119. The van der Waals surface area contributed by atoms with E-state index in [1.54, 1.807) is 30.8 Å². The fourth-order valence-electron chi connectivity index (χ4n) is 2.83. The lowest BCUT2D eigenvalue weighted by Crippen LogP contribution is -2.29. The second-order valence-electron chi connectivity index (χ2n) is 6.39. The van der Waals surface area contributed by atoms with Gasteiger partial charge in [-0.25, -0.2) is 0 Å². The van der Waals surface area contributed by atoms with Crippen molar-refractivity contribution in [1.29, 1.82) is 0 Å². The predicted molar refractivity (Wildman–Crippen MR) is 106 cm³/mol. The first kappa shape index (κ1) is 19.9. The number of aryl methyl sites for hydroxylation is 2. The summed E-state index contributed by atoms with van der Waals surface area (Å²) in [5.74, 6) is -0.0378. The third-order valence-electron chi connectivity index (χ3n) is 4.40. The maximum atomic E-state index is 12.7. The van der Waals surface area contributed by atoms with Crippen molar-refractivity contribution < 1.29 is 14.0 Å². The van der Waals surface area contributed by atoms with Gasteiger partial charge >= 0.3 is 0 Å². The molecule has 3 rings (SSSR count). The molecule has 2 amide bonds. The van der Waals surface area contributed by atoms with Crippen LogP contribution in [-0.4, -0.2) is 31.4 Å². The summed E-state index contributed by atoms with van der Waals surface area (Å²) in [6.45, 7) is 5.72. The maximum Gasteiger partial charge on any atom is 0.272 e. The fourth-order valence-corrected chi connectivity index (χ4v) is 3.09. The van der Waals surface area contributed by atoms with Crippen LogP contribution in [0.5, 0.6) is 0 Å². The first-order chi connectivity index (χ1) is 13.3. The van der Waals surface area contributed by atoms with E-state index in [0.29, 0.717) is 11.4 Å². The average molecular weight is 449 g/mol. The molecule has 3 heterocycles. The van der Waals surface area contributed by atoms with E-state index in [1.807, 2.05) is 13.8 Å². The number of hydrogen-bond donors (Lipinski definition) is 2. The fraction of sp³-hybridized carbons (Fsp3) is 0.333. The SMILES string of the molecule is Cc1nn(C(C)C(=O)Nc2cnn(C)c2C(=O)NCc2ccco2)c(C)c1Br. The van der Waals surface area contributed by atoms with Gasteiger partial charge in [-0.2, -0.15) is 10.2 Å². The van der Waals surface area contributed by atoms with Crippen LogP contribution in [0.2, 0.25) is 0 Å². The molecule has 2 N–H and O–H groups in total. The van der Waals surface area contributed by atoms with Gasteiger partial charge in [0.2, 0.25) is 5.91 Å². The molecule has 0 fully saturated rings. The highest BCUT2D eigenvalue weighted by atomic mass is 79.9. The second-order valence-corrected chi connectivity index (χ2v) is 7.18. The van der Waals surface area contributed by atoms with E-state index in [4.69, 9.17) is 4.42 Å². The quantitative estimate of drug-likeness (QED) is 0.602. The topological polar surface area (TPSA) is 107 Å². The van der Waals surface area contributed by atoms with Gasteiger partial charge < -0.3 is 15.1 Å². The zero-order chi connectivity index (χ0) is 20.4. The predicted octanol–water partition coefficient (Wildman–Crippen LogP) is 2.72. The minimum Gasteiger partial charge on any atom is -0.467 e. The van der Waals surface area contributed by atoms with Crippen LogP contribution in [0.4, 0.5) is 5.69 Å². The van der Waals surface area contributed by atoms with Crippen molar-refractivity contribution in [1.82, 2.24) is 24.9 Å². The first-order valence-electron chi connectivity index (χ1n) is 8.64. The van der Waals surface area contributed by atoms with Gasteiger partial charge in [0.25, 0.3) is 5.91 Å². The van der Waals surface area contributed by atoms with Gasteiger partial charge in [0.05, 0.1) is 40.6 Å². The van der Waals surface area contributed by atoms with E-state index in [-0.39, 0.29) is 24.1 Å². The molecular formula is C18H21BrN6O3. The van der Waals surface area contributed by atoms with Crippen LogP contribution in [0.3, 0.4) is 0 Å². The third kappa shape index (κ3) is 3.86. The van der Waals surface area contributed by atoms with Crippen LogP contribution in [-0.2, 0) is 18.4 Å². The molecular weight excluding hydrogens is 428 g/mol. The molecule has 9 nitrogen and oxygen atoms in total. The van der Waals surface area contributed by atoms with Crippen LogP contribution in [0.25, 0.3) is 0 Å². The highest BCUT2D eigenvalue weighted by molar-refractivity contribution is 9.10. The number of hydrogen-bond acceptors (Lipinski definition) is 5. The number of rotatable bonds is 6. The standard InChI is InChI=1S/C18H21BrN6O3/c1-10-15(19)11(2)25(23-10)12(3)17(26)22-14-9-21-24(4)16(14)18(27)20-8-13-6-5-7-28-13/h5-7,9,12H,8H2,1-4H3,(H,20,27)(H,22,26). The van der Waals surface area contributed by atoms with Crippen molar-refractivity contribution >= 4 is 33.4 Å². The smallest absolute Gasteiger partial charge is 0.272 e. The molecule has 3 aromatic heterocycles. The maximum absolute atomic E-state index is 12.7. The van der Waals surface area contributed by atoms with Crippen molar-refractivity contribution in [2.75, 3.05) is 5.32 Å². The van der Waals surface area contributed by atoms with Crippen molar-refractivity contribution in [2.24, 2.45) is 7.05 Å².